The molecule has 19 heavy (non-hydrogen) atoms. The van der Waals surface area contributed by atoms with E-state index in [0.717, 1.165) is 25.9 Å². The van der Waals surface area contributed by atoms with Gasteiger partial charge < -0.3 is 25.2 Å². The Morgan fingerprint density at radius 3 is 2.32 bits per heavy atom. The molecule has 0 aromatic carbocycles. The van der Waals surface area contributed by atoms with Crippen molar-refractivity contribution in [3.8, 4) is 0 Å². The molecule has 2 heterocycles. The Bertz CT molecular complexity index is 290. The number of nitrogens with two attached hydrogens (primary N) is 1. The molecule has 0 aliphatic carbocycles. The summed E-state index contributed by atoms with van der Waals surface area (Å²) in [4.78, 5) is 6.50. The van der Waals surface area contributed by atoms with Crippen molar-refractivity contribution in [2.24, 2.45) is 16.1 Å². The van der Waals surface area contributed by atoms with Crippen molar-refractivity contribution in [1.29, 1.82) is 0 Å². The highest BCUT2D eigenvalue weighted by Gasteiger charge is 2.32. The number of guanidine groups is 1. The standard InChI is InChI=1S/C12H23N3O3.HI/c13-11(15-3-7-18-8-4-15)14-9-12(10-16)1-5-17-6-2-12;/h16H,1-10H2,(H2,13,14);1H. The Morgan fingerprint density at radius 2 is 1.74 bits per heavy atom. The van der Waals surface area contributed by atoms with E-state index in [4.69, 9.17) is 15.2 Å². The molecule has 0 bridgehead atoms. The summed E-state index contributed by atoms with van der Waals surface area (Å²) in [6.45, 7) is 5.13. The second-order valence-corrected chi connectivity index (χ2v) is 5.04. The number of aliphatic hydroxyl groups excluding tert-OH is 1. The molecule has 0 radical (unpaired) electrons. The first-order valence-corrected chi connectivity index (χ1v) is 6.57. The fraction of sp³-hybridized carbons (Fsp3) is 0.917. The van der Waals surface area contributed by atoms with Gasteiger partial charge in [0.05, 0.1) is 26.4 Å². The Labute approximate surface area is 131 Å². The van der Waals surface area contributed by atoms with Gasteiger partial charge >= 0.3 is 0 Å². The summed E-state index contributed by atoms with van der Waals surface area (Å²) in [7, 11) is 0. The van der Waals surface area contributed by atoms with Gasteiger partial charge in [0.2, 0.25) is 0 Å². The van der Waals surface area contributed by atoms with Crippen LogP contribution in [0.1, 0.15) is 12.8 Å². The van der Waals surface area contributed by atoms with E-state index in [1.54, 1.807) is 0 Å². The summed E-state index contributed by atoms with van der Waals surface area (Å²) in [5, 5.41) is 9.57. The van der Waals surface area contributed by atoms with Crippen LogP contribution in [0.4, 0.5) is 0 Å². The molecule has 0 spiro atoms. The molecule has 0 amide bonds. The monoisotopic (exact) mass is 385 g/mol. The SMILES string of the molecule is I.NC(=NCC1(CO)CCOCC1)N1CCOCC1. The molecule has 2 aliphatic heterocycles. The summed E-state index contributed by atoms with van der Waals surface area (Å²) in [6.07, 6.45) is 1.70. The average Bonchev–Trinajstić information content (AvgIpc) is 2.47. The van der Waals surface area contributed by atoms with Gasteiger partial charge in [0.15, 0.2) is 5.96 Å². The van der Waals surface area contributed by atoms with Crippen molar-refractivity contribution in [3.05, 3.63) is 0 Å². The van der Waals surface area contributed by atoms with E-state index in [1.807, 2.05) is 4.90 Å². The van der Waals surface area contributed by atoms with Gasteiger partial charge in [0.25, 0.3) is 0 Å². The maximum atomic E-state index is 9.57. The third-order valence-corrected chi connectivity index (χ3v) is 3.80. The summed E-state index contributed by atoms with van der Waals surface area (Å²) >= 11 is 0. The van der Waals surface area contributed by atoms with Crippen molar-refractivity contribution < 1.29 is 14.6 Å². The zero-order chi connectivity index (χ0) is 12.8. The maximum Gasteiger partial charge on any atom is 0.191 e. The predicted octanol–water partition coefficient (Wildman–Crippen LogP) is 0.0404. The second kappa shape index (κ2) is 8.23. The lowest BCUT2D eigenvalue weighted by Gasteiger charge is -2.34. The maximum absolute atomic E-state index is 9.57. The van der Waals surface area contributed by atoms with Crippen LogP contribution in [0.25, 0.3) is 0 Å². The summed E-state index contributed by atoms with van der Waals surface area (Å²) in [6, 6.07) is 0. The molecule has 0 saturated carbocycles. The van der Waals surface area contributed by atoms with E-state index in [1.165, 1.54) is 0 Å². The van der Waals surface area contributed by atoms with Crippen molar-refractivity contribution in [3.63, 3.8) is 0 Å². The van der Waals surface area contributed by atoms with Crippen LogP contribution in [-0.2, 0) is 9.47 Å². The Morgan fingerprint density at radius 1 is 1.16 bits per heavy atom. The normalized spacial score (nSPS) is 23.8. The minimum Gasteiger partial charge on any atom is -0.396 e. The minimum atomic E-state index is -0.144. The van der Waals surface area contributed by atoms with Gasteiger partial charge in [-0.15, -0.1) is 24.0 Å². The fourth-order valence-corrected chi connectivity index (χ4v) is 2.31. The van der Waals surface area contributed by atoms with Crippen molar-refractivity contribution in [2.75, 3.05) is 52.7 Å². The molecule has 7 heteroatoms. The number of hydrogen-bond donors (Lipinski definition) is 2. The highest BCUT2D eigenvalue weighted by Crippen LogP contribution is 2.30. The highest BCUT2D eigenvalue weighted by molar-refractivity contribution is 14.0. The van der Waals surface area contributed by atoms with Crippen LogP contribution >= 0.6 is 24.0 Å². The molecule has 2 aliphatic rings. The van der Waals surface area contributed by atoms with E-state index in [-0.39, 0.29) is 36.0 Å². The van der Waals surface area contributed by atoms with Crippen LogP contribution in [0.3, 0.4) is 0 Å². The Hall–Kier alpha value is -0.120. The second-order valence-electron chi connectivity index (χ2n) is 5.04. The molecule has 3 N–H and O–H groups in total. The van der Waals surface area contributed by atoms with Gasteiger partial charge in [0.1, 0.15) is 0 Å². The largest absolute Gasteiger partial charge is 0.396 e. The zero-order valence-corrected chi connectivity index (χ0v) is 13.5. The molecular formula is C12H24IN3O3. The van der Waals surface area contributed by atoms with Crippen LogP contribution in [0.2, 0.25) is 0 Å². The number of nitrogens with zero attached hydrogens (tertiary/aromatic N) is 2. The smallest absolute Gasteiger partial charge is 0.191 e. The van der Waals surface area contributed by atoms with Gasteiger partial charge in [-0.2, -0.15) is 0 Å². The van der Waals surface area contributed by atoms with Crippen LogP contribution < -0.4 is 5.73 Å². The van der Waals surface area contributed by atoms with Crippen molar-refractivity contribution in [1.82, 2.24) is 4.90 Å². The number of morpholine rings is 1. The van der Waals surface area contributed by atoms with Gasteiger partial charge in [-0.1, -0.05) is 0 Å². The van der Waals surface area contributed by atoms with Crippen molar-refractivity contribution in [2.45, 2.75) is 12.8 Å². The number of hydrogen-bond acceptors (Lipinski definition) is 4. The van der Waals surface area contributed by atoms with E-state index < -0.39 is 0 Å². The molecule has 0 atom stereocenters. The van der Waals surface area contributed by atoms with E-state index in [0.29, 0.717) is 38.9 Å². The lowest BCUT2D eigenvalue weighted by molar-refractivity contribution is -0.0108. The first kappa shape index (κ1) is 16.9. The lowest BCUT2D eigenvalue weighted by atomic mass is 9.81. The third-order valence-electron chi connectivity index (χ3n) is 3.80. The predicted molar refractivity (Wildman–Crippen MR) is 83.9 cm³/mol. The molecule has 112 valence electrons. The molecule has 2 fully saturated rings. The Kier molecular flexibility index (Phi) is 7.33. The molecule has 0 unspecified atom stereocenters. The van der Waals surface area contributed by atoms with Gasteiger partial charge in [-0.3, -0.25) is 4.99 Å². The molecule has 2 saturated heterocycles. The van der Waals surface area contributed by atoms with Gasteiger partial charge in [0, 0.05) is 31.7 Å². The van der Waals surface area contributed by atoms with Gasteiger partial charge in [-0.05, 0) is 12.8 Å². The lowest BCUT2D eigenvalue weighted by Crippen LogP contribution is -2.45. The molecular weight excluding hydrogens is 361 g/mol. The van der Waals surface area contributed by atoms with Crippen LogP contribution in [-0.4, -0.2) is 68.6 Å². The first-order chi connectivity index (χ1) is 8.76. The van der Waals surface area contributed by atoms with Crippen molar-refractivity contribution >= 4 is 29.9 Å². The Balaban J connectivity index is 0.00000180. The van der Waals surface area contributed by atoms with E-state index in [2.05, 4.69) is 4.99 Å². The zero-order valence-electron chi connectivity index (χ0n) is 11.2. The third kappa shape index (κ3) is 4.73. The molecule has 0 aromatic rings. The van der Waals surface area contributed by atoms with E-state index in [9.17, 15) is 5.11 Å². The van der Waals surface area contributed by atoms with Crippen LogP contribution in [0.15, 0.2) is 4.99 Å². The number of rotatable bonds is 3. The molecule has 2 rings (SSSR count). The van der Waals surface area contributed by atoms with Crippen LogP contribution in [0.5, 0.6) is 0 Å². The molecule has 6 nitrogen and oxygen atoms in total. The summed E-state index contributed by atoms with van der Waals surface area (Å²) in [5.41, 5.74) is 5.84. The highest BCUT2D eigenvalue weighted by atomic mass is 127. The number of ether oxygens (including phenoxy) is 2. The molecule has 0 aromatic heterocycles. The van der Waals surface area contributed by atoms with E-state index >= 15 is 0 Å². The van der Waals surface area contributed by atoms with Crippen LogP contribution in [0, 0.1) is 5.41 Å². The summed E-state index contributed by atoms with van der Waals surface area (Å²) in [5.74, 6) is 0.567. The average molecular weight is 385 g/mol. The first-order valence-electron chi connectivity index (χ1n) is 6.57. The van der Waals surface area contributed by atoms with Gasteiger partial charge in [-0.25, -0.2) is 0 Å². The quantitative estimate of drug-likeness (QED) is 0.408. The fourth-order valence-electron chi connectivity index (χ4n) is 2.31. The number of aliphatic imine (C=N–C) groups is 1. The number of halogens is 1. The minimum absolute atomic E-state index is 0. The number of aliphatic hydroxyl groups is 1. The summed E-state index contributed by atoms with van der Waals surface area (Å²) < 4.78 is 10.6. The topological polar surface area (TPSA) is 80.3 Å².